The summed E-state index contributed by atoms with van der Waals surface area (Å²) in [6.07, 6.45) is 44.1. The lowest BCUT2D eigenvalue weighted by molar-refractivity contribution is -0.124. The fourth-order valence-electron chi connectivity index (χ4n) is 7.97. The predicted octanol–water partition coefficient (Wildman–Crippen LogP) is 14.1. The number of aromatic amines is 1. The number of carbonyl (C=O) groups is 1. The zero-order valence-corrected chi connectivity index (χ0v) is 37.0. The van der Waals surface area contributed by atoms with Gasteiger partial charge in [-0.3, -0.25) is 4.79 Å². The van der Waals surface area contributed by atoms with E-state index in [1.165, 1.54) is 193 Å². The minimum atomic E-state index is -0.633. The fourth-order valence-corrected chi connectivity index (χ4v) is 7.97. The molecule has 6 heteroatoms. The summed E-state index contributed by atoms with van der Waals surface area (Å²) in [7, 11) is 0. The molecule has 1 amide bonds. The summed E-state index contributed by atoms with van der Waals surface area (Å²) in [5.41, 5.74) is 8.45. The van der Waals surface area contributed by atoms with Crippen LogP contribution in [0.3, 0.4) is 0 Å². The first-order valence-corrected chi connectivity index (χ1v) is 24.4. The number of fused-ring (bicyclic) bond motifs is 1. The quantitative estimate of drug-likeness (QED) is 0.0585. The molecule has 4 N–H and O–H groups in total. The van der Waals surface area contributed by atoms with Crippen LogP contribution in [0.1, 0.15) is 225 Å². The number of benzene rings is 1. The van der Waals surface area contributed by atoms with Crippen molar-refractivity contribution in [2.75, 3.05) is 26.4 Å². The maximum atomic E-state index is 13.2. The van der Waals surface area contributed by atoms with E-state index in [0.29, 0.717) is 19.6 Å². The molecule has 2 aromatic rings. The molecule has 0 radical (unpaired) electrons. The number of carbonyl (C=O) groups excluding carboxylic acids is 1. The van der Waals surface area contributed by atoms with Gasteiger partial charge in [-0.1, -0.05) is 225 Å². The maximum absolute atomic E-state index is 13.2. The van der Waals surface area contributed by atoms with Gasteiger partial charge >= 0.3 is 0 Å². The fraction of sp³-hybridized carbons (Fsp3) is 0.820. The van der Waals surface area contributed by atoms with Gasteiger partial charge < -0.3 is 25.5 Å². The van der Waals surface area contributed by atoms with Gasteiger partial charge in [0.2, 0.25) is 5.91 Å². The Morgan fingerprint density at radius 1 is 0.554 bits per heavy atom. The van der Waals surface area contributed by atoms with Crippen molar-refractivity contribution in [2.45, 2.75) is 238 Å². The Kier molecular flexibility index (Phi) is 33.5. The van der Waals surface area contributed by atoms with E-state index in [2.05, 4.69) is 36.3 Å². The van der Waals surface area contributed by atoms with Gasteiger partial charge in [0.05, 0.1) is 25.3 Å². The molecule has 0 aliphatic rings. The summed E-state index contributed by atoms with van der Waals surface area (Å²) in [6, 6.07) is 9.42. The largest absolute Gasteiger partial charge is 0.379 e. The second kappa shape index (κ2) is 37.4. The van der Waals surface area contributed by atoms with E-state index in [-0.39, 0.29) is 11.9 Å². The minimum absolute atomic E-state index is 0.148. The molecule has 0 saturated heterocycles. The van der Waals surface area contributed by atoms with Crippen molar-refractivity contribution in [3.8, 4) is 0 Å². The molecule has 56 heavy (non-hydrogen) atoms. The number of ether oxygens (including phenoxy) is 2. The Morgan fingerprint density at radius 2 is 0.911 bits per heavy atom. The van der Waals surface area contributed by atoms with Crippen LogP contribution in [-0.2, 0) is 20.7 Å². The number of H-pyrrole nitrogens is 1. The third kappa shape index (κ3) is 28.5. The van der Waals surface area contributed by atoms with Gasteiger partial charge in [0.15, 0.2) is 0 Å². The van der Waals surface area contributed by atoms with Crippen molar-refractivity contribution in [1.82, 2.24) is 10.3 Å². The van der Waals surface area contributed by atoms with Crippen LogP contribution in [0.5, 0.6) is 0 Å². The van der Waals surface area contributed by atoms with E-state index in [1.807, 2.05) is 18.2 Å². The standard InChI is InChI=1S/C50H91N3O3/c1-3-5-7-9-11-13-15-17-19-21-23-25-27-29-31-35-39-55-43-47(53-50(54)48(51)42-46-41-45-37-33-34-38-49(45)52-46)44-56-40-36-32-30-28-26-24-22-20-18-16-14-12-10-8-6-4-2/h33-34,37-38,41,47-48,52H,3-32,35-36,39-40,42-44,51H2,1-2H3,(H,53,54). The molecule has 324 valence electrons. The van der Waals surface area contributed by atoms with Gasteiger partial charge in [0.25, 0.3) is 0 Å². The van der Waals surface area contributed by atoms with Gasteiger partial charge in [-0.05, 0) is 30.4 Å². The molecule has 0 spiro atoms. The van der Waals surface area contributed by atoms with E-state index < -0.39 is 6.04 Å². The maximum Gasteiger partial charge on any atom is 0.237 e. The summed E-state index contributed by atoms with van der Waals surface area (Å²) >= 11 is 0. The smallest absolute Gasteiger partial charge is 0.237 e. The summed E-state index contributed by atoms with van der Waals surface area (Å²) in [5.74, 6) is -0.148. The Morgan fingerprint density at radius 3 is 1.29 bits per heavy atom. The first-order valence-electron chi connectivity index (χ1n) is 24.4. The molecular weight excluding hydrogens is 691 g/mol. The monoisotopic (exact) mass is 782 g/mol. The van der Waals surface area contributed by atoms with Gasteiger partial charge in [-0.15, -0.1) is 0 Å². The number of hydrogen-bond acceptors (Lipinski definition) is 4. The molecule has 2 rings (SSSR count). The third-order valence-corrected chi connectivity index (χ3v) is 11.6. The molecule has 1 aromatic heterocycles. The molecule has 1 atom stereocenters. The van der Waals surface area contributed by atoms with Crippen molar-refractivity contribution < 1.29 is 14.3 Å². The number of unbranched alkanes of at least 4 members (excludes halogenated alkanes) is 30. The zero-order valence-electron chi connectivity index (χ0n) is 37.0. The first-order chi connectivity index (χ1) is 27.6. The van der Waals surface area contributed by atoms with Crippen molar-refractivity contribution >= 4 is 16.8 Å². The molecular formula is C50H91N3O3. The lowest BCUT2D eigenvalue weighted by Gasteiger charge is -2.21. The number of aromatic nitrogens is 1. The van der Waals surface area contributed by atoms with Gasteiger partial charge in [0.1, 0.15) is 0 Å². The topological polar surface area (TPSA) is 89.4 Å². The molecule has 0 fully saturated rings. The highest BCUT2D eigenvalue weighted by Gasteiger charge is 2.20. The Balaban J connectivity index is 1.54. The van der Waals surface area contributed by atoms with E-state index in [0.717, 1.165) is 42.7 Å². The van der Waals surface area contributed by atoms with Gasteiger partial charge in [-0.25, -0.2) is 0 Å². The van der Waals surface area contributed by atoms with Crippen LogP contribution in [0.15, 0.2) is 30.3 Å². The summed E-state index contributed by atoms with van der Waals surface area (Å²) in [5, 5.41) is 4.29. The summed E-state index contributed by atoms with van der Waals surface area (Å²) in [4.78, 5) is 16.6. The van der Waals surface area contributed by atoms with Crippen LogP contribution in [0.4, 0.5) is 0 Å². The number of rotatable bonds is 42. The second-order valence-electron chi connectivity index (χ2n) is 17.2. The van der Waals surface area contributed by atoms with Crippen LogP contribution in [0.2, 0.25) is 0 Å². The molecule has 1 unspecified atom stereocenters. The number of amides is 1. The number of hydrogen-bond donors (Lipinski definition) is 3. The van der Waals surface area contributed by atoms with Crippen molar-refractivity contribution in [2.24, 2.45) is 5.73 Å². The lowest BCUT2D eigenvalue weighted by atomic mass is 10.0. The average Bonchev–Trinajstić information content (AvgIpc) is 3.62. The molecule has 0 bridgehead atoms. The number of nitrogens with two attached hydrogens (primary N) is 1. The molecule has 0 aliphatic carbocycles. The minimum Gasteiger partial charge on any atom is -0.379 e. The van der Waals surface area contributed by atoms with Crippen LogP contribution in [-0.4, -0.2) is 49.4 Å². The van der Waals surface area contributed by atoms with Crippen LogP contribution >= 0.6 is 0 Å². The summed E-state index contributed by atoms with van der Waals surface area (Å²) < 4.78 is 12.2. The third-order valence-electron chi connectivity index (χ3n) is 11.6. The highest BCUT2D eigenvalue weighted by atomic mass is 16.5. The van der Waals surface area contributed by atoms with Crippen LogP contribution in [0, 0.1) is 0 Å². The summed E-state index contributed by atoms with van der Waals surface area (Å²) in [6.45, 7) is 6.96. The molecule has 1 aromatic carbocycles. The van der Waals surface area contributed by atoms with Gasteiger partial charge in [-0.2, -0.15) is 0 Å². The van der Waals surface area contributed by atoms with Gasteiger partial charge in [0, 0.05) is 30.8 Å². The lowest BCUT2D eigenvalue weighted by Crippen LogP contribution is -2.49. The molecule has 0 aliphatic heterocycles. The van der Waals surface area contributed by atoms with E-state index in [4.69, 9.17) is 15.2 Å². The Bertz CT molecular complexity index is 1060. The van der Waals surface area contributed by atoms with Crippen LogP contribution < -0.4 is 11.1 Å². The van der Waals surface area contributed by atoms with Crippen molar-refractivity contribution in [1.29, 1.82) is 0 Å². The average molecular weight is 782 g/mol. The first kappa shape index (κ1) is 50.3. The number of para-hydroxylation sites is 1. The van der Waals surface area contributed by atoms with E-state index >= 15 is 0 Å². The van der Waals surface area contributed by atoms with Crippen LogP contribution in [0.25, 0.3) is 10.9 Å². The molecule has 1 heterocycles. The Hall–Kier alpha value is -1.89. The Labute approximate surface area is 346 Å². The van der Waals surface area contributed by atoms with Crippen molar-refractivity contribution in [3.63, 3.8) is 0 Å². The molecule has 0 saturated carbocycles. The normalized spacial score (nSPS) is 12.3. The zero-order chi connectivity index (χ0) is 40.0. The second-order valence-corrected chi connectivity index (χ2v) is 17.2. The number of nitrogens with one attached hydrogen (secondary N) is 2. The highest BCUT2D eigenvalue weighted by Crippen LogP contribution is 2.17. The van der Waals surface area contributed by atoms with Crippen molar-refractivity contribution in [3.05, 3.63) is 36.0 Å². The highest BCUT2D eigenvalue weighted by molar-refractivity contribution is 5.83. The SMILES string of the molecule is CCCCCCCCCCCCCCCCCCOCC(COCCCCCCCCCCCCCCCCCC)NC(=O)C(N)Cc1cc2ccccc2[nH]1. The predicted molar refractivity (Wildman–Crippen MR) is 243 cm³/mol. The molecule has 6 nitrogen and oxygen atoms in total. The van der Waals surface area contributed by atoms with E-state index in [1.54, 1.807) is 0 Å². The van der Waals surface area contributed by atoms with E-state index in [9.17, 15) is 4.79 Å².